The molecule has 1 aliphatic rings. The number of likely N-dealkylation sites (tertiary alicyclic amines) is 1. The molecule has 2 rings (SSSR count). The molecule has 0 saturated carbocycles. The van der Waals surface area contributed by atoms with Gasteiger partial charge in [-0.2, -0.15) is 0 Å². The first-order valence-corrected chi connectivity index (χ1v) is 7.10. The van der Waals surface area contributed by atoms with Crippen molar-refractivity contribution in [3.63, 3.8) is 0 Å². The summed E-state index contributed by atoms with van der Waals surface area (Å²) >= 11 is 0. The number of nitrogens with two attached hydrogens (primary N) is 1. The molecule has 0 aromatic heterocycles. The quantitative estimate of drug-likeness (QED) is 0.906. The van der Waals surface area contributed by atoms with Crippen molar-refractivity contribution in [2.75, 3.05) is 13.1 Å². The van der Waals surface area contributed by atoms with Crippen molar-refractivity contribution in [3.8, 4) is 0 Å². The lowest BCUT2D eigenvalue weighted by Gasteiger charge is -2.46. The molecular weight excluding hydrogens is 239 g/mol. The summed E-state index contributed by atoms with van der Waals surface area (Å²) in [6.07, 6.45) is 3.04. The maximum atomic E-state index is 13.9. The zero-order valence-electron chi connectivity index (χ0n) is 12.2. The lowest BCUT2D eigenvalue weighted by Crippen LogP contribution is -2.58. The van der Waals surface area contributed by atoms with Crippen LogP contribution in [0.3, 0.4) is 0 Å². The molecule has 1 aliphatic heterocycles. The van der Waals surface area contributed by atoms with Gasteiger partial charge in [0.2, 0.25) is 0 Å². The molecule has 1 heterocycles. The van der Waals surface area contributed by atoms with E-state index in [0.29, 0.717) is 13.0 Å². The molecule has 0 aliphatic carbocycles. The summed E-state index contributed by atoms with van der Waals surface area (Å²) in [7, 11) is 0. The Hall–Kier alpha value is -0.930. The fourth-order valence-electron chi connectivity index (χ4n) is 3.44. The van der Waals surface area contributed by atoms with Crippen molar-refractivity contribution in [3.05, 3.63) is 35.6 Å². The van der Waals surface area contributed by atoms with Crippen LogP contribution in [0, 0.1) is 5.82 Å². The Morgan fingerprint density at radius 2 is 2.05 bits per heavy atom. The Kier molecular flexibility index (Phi) is 3.98. The maximum Gasteiger partial charge on any atom is 0.126 e. The highest BCUT2D eigenvalue weighted by Crippen LogP contribution is 2.36. The van der Waals surface area contributed by atoms with E-state index in [-0.39, 0.29) is 16.9 Å². The largest absolute Gasteiger partial charge is 0.329 e. The smallest absolute Gasteiger partial charge is 0.126 e. The molecule has 2 nitrogen and oxygen atoms in total. The molecule has 0 spiro atoms. The van der Waals surface area contributed by atoms with Gasteiger partial charge in [0.1, 0.15) is 5.82 Å². The molecule has 19 heavy (non-hydrogen) atoms. The lowest BCUT2D eigenvalue weighted by molar-refractivity contribution is 0.0472. The average Bonchev–Trinajstić information content (AvgIpc) is 2.72. The zero-order chi connectivity index (χ0) is 14.1. The first-order valence-electron chi connectivity index (χ1n) is 7.10. The highest BCUT2D eigenvalue weighted by molar-refractivity contribution is 5.21. The summed E-state index contributed by atoms with van der Waals surface area (Å²) in [6.45, 7) is 8.27. The maximum absolute atomic E-state index is 13.9. The normalized spacial score (nSPS) is 22.4. The lowest BCUT2D eigenvalue weighted by atomic mass is 9.87. The molecule has 1 fully saturated rings. The van der Waals surface area contributed by atoms with Gasteiger partial charge >= 0.3 is 0 Å². The molecule has 1 aromatic rings. The number of benzene rings is 1. The monoisotopic (exact) mass is 264 g/mol. The standard InChI is InChI=1S/C16H25FN2/c1-15(2)9-6-10-19(15)16(3,12-18)11-13-7-4-5-8-14(13)17/h4-5,7-8H,6,9-12,18H2,1-3H3. The van der Waals surface area contributed by atoms with Gasteiger partial charge in [-0.25, -0.2) is 4.39 Å². The summed E-state index contributed by atoms with van der Waals surface area (Å²) in [4.78, 5) is 2.46. The predicted molar refractivity (Wildman–Crippen MR) is 77.6 cm³/mol. The van der Waals surface area contributed by atoms with Crippen molar-refractivity contribution in [1.82, 2.24) is 4.90 Å². The van der Waals surface area contributed by atoms with Gasteiger partial charge in [0, 0.05) is 17.6 Å². The Morgan fingerprint density at radius 3 is 2.58 bits per heavy atom. The van der Waals surface area contributed by atoms with E-state index in [4.69, 9.17) is 5.73 Å². The van der Waals surface area contributed by atoms with E-state index in [0.717, 1.165) is 12.1 Å². The van der Waals surface area contributed by atoms with Crippen molar-refractivity contribution in [2.24, 2.45) is 5.73 Å². The minimum absolute atomic E-state index is 0.126. The number of hydrogen-bond acceptors (Lipinski definition) is 2. The molecule has 2 N–H and O–H groups in total. The van der Waals surface area contributed by atoms with E-state index in [1.165, 1.54) is 18.9 Å². The van der Waals surface area contributed by atoms with Crippen LogP contribution in [0.15, 0.2) is 24.3 Å². The second-order valence-electron chi connectivity index (χ2n) is 6.54. The van der Waals surface area contributed by atoms with E-state index in [1.54, 1.807) is 6.07 Å². The zero-order valence-corrected chi connectivity index (χ0v) is 12.2. The minimum Gasteiger partial charge on any atom is -0.329 e. The van der Waals surface area contributed by atoms with E-state index >= 15 is 0 Å². The SMILES string of the molecule is CC1(C)CCCN1C(C)(CN)Cc1ccccc1F. The fraction of sp³-hybridized carbons (Fsp3) is 0.625. The van der Waals surface area contributed by atoms with Crippen LogP contribution in [0.5, 0.6) is 0 Å². The average molecular weight is 264 g/mol. The Labute approximate surface area is 115 Å². The molecule has 0 amide bonds. The number of halogens is 1. The highest BCUT2D eigenvalue weighted by Gasteiger charge is 2.43. The molecule has 106 valence electrons. The number of nitrogens with zero attached hydrogens (tertiary/aromatic N) is 1. The van der Waals surface area contributed by atoms with Crippen LogP contribution in [0.1, 0.15) is 39.2 Å². The van der Waals surface area contributed by atoms with Crippen LogP contribution in [0.2, 0.25) is 0 Å². The fourth-order valence-corrected chi connectivity index (χ4v) is 3.44. The van der Waals surface area contributed by atoms with Crippen molar-refractivity contribution < 1.29 is 4.39 Å². The molecule has 0 bridgehead atoms. The second-order valence-corrected chi connectivity index (χ2v) is 6.54. The van der Waals surface area contributed by atoms with E-state index in [9.17, 15) is 4.39 Å². The van der Waals surface area contributed by atoms with E-state index in [1.807, 2.05) is 12.1 Å². The van der Waals surface area contributed by atoms with E-state index < -0.39 is 0 Å². The van der Waals surface area contributed by atoms with Crippen molar-refractivity contribution in [2.45, 2.75) is 51.1 Å². The van der Waals surface area contributed by atoms with Crippen molar-refractivity contribution >= 4 is 0 Å². The van der Waals surface area contributed by atoms with Gasteiger partial charge in [0.05, 0.1) is 0 Å². The molecule has 1 atom stereocenters. The van der Waals surface area contributed by atoms with Crippen LogP contribution >= 0.6 is 0 Å². The first kappa shape index (κ1) is 14.5. The second kappa shape index (κ2) is 5.22. The van der Waals surface area contributed by atoms with E-state index in [2.05, 4.69) is 25.7 Å². The van der Waals surface area contributed by atoms with Gasteiger partial charge in [-0.1, -0.05) is 18.2 Å². The predicted octanol–water partition coefficient (Wildman–Crippen LogP) is 2.96. The third kappa shape index (κ3) is 2.82. The molecule has 0 radical (unpaired) electrons. The topological polar surface area (TPSA) is 29.3 Å². The summed E-state index contributed by atoms with van der Waals surface area (Å²) in [6, 6.07) is 7.02. The molecule has 3 heteroatoms. The van der Waals surface area contributed by atoms with Gasteiger partial charge in [-0.05, 0) is 58.2 Å². The van der Waals surface area contributed by atoms with Crippen molar-refractivity contribution in [1.29, 1.82) is 0 Å². The van der Waals surface area contributed by atoms with Crippen LogP contribution in [0.4, 0.5) is 4.39 Å². The number of hydrogen-bond donors (Lipinski definition) is 1. The van der Waals surface area contributed by atoms with Gasteiger partial charge in [0.15, 0.2) is 0 Å². The minimum atomic E-state index is -0.178. The summed E-state index contributed by atoms with van der Waals surface area (Å²) in [5.41, 5.74) is 6.78. The summed E-state index contributed by atoms with van der Waals surface area (Å²) < 4.78 is 13.9. The van der Waals surface area contributed by atoms with Crippen LogP contribution in [0.25, 0.3) is 0 Å². The Bertz CT molecular complexity index is 444. The van der Waals surface area contributed by atoms with Gasteiger partial charge < -0.3 is 5.73 Å². The van der Waals surface area contributed by atoms with Crippen LogP contribution in [-0.2, 0) is 6.42 Å². The third-order valence-corrected chi connectivity index (χ3v) is 4.52. The highest BCUT2D eigenvalue weighted by atomic mass is 19.1. The third-order valence-electron chi connectivity index (χ3n) is 4.52. The van der Waals surface area contributed by atoms with Crippen LogP contribution in [-0.4, -0.2) is 29.1 Å². The van der Waals surface area contributed by atoms with Gasteiger partial charge in [-0.3, -0.25) is 4.90 Å². The van der Waals surface area contributed by atoms with Crippen LogP contribution < -0.4 is 5.73 Å². The number of rotatable bonds is 4. The summed E-state index contributed by atoms with van der Waals surface area (Å²) in [5, 5.41) is 0. The molecule has 1 unspecified atom stereocenters. The Balaban J connectivity index is 2.26. The first-order chi connectivity index (χ1) is 8.89. The Morgan fingerprint density at radius 1 is 1.37 bits per heavy atom. The molecule has 1 aromatic carbocycles. The molecule has 1 saturated heterocycles. The van der Waals surface area contributed by atoms with Gasteiger partial charge in [0.25, 0.3) is 0 Å². The molecular formula is C16H25FN2. The van der Waals surface area contributed by atoms with Gasteiger partial charge in [-0.15, -0.1) is 0 Å². The summed E-state index contributed by atoms with van der Waals surface area (Å²) in [5.74, 6) is -0.126.